The number of carbonyl (C=O) groups excluding carboxylic acids is 1. The number of aromatic nitrogens is 1. The molecule has 1 aromatic heterocycles. The van der Waals surface area contributed by atoms with Crippen LogP contribution in [0.1, 0.15) is 21.6 Å². The first-order valence-electron chi connectivity index (χ1n) is 7.02. The molecule has 0 radical (unpaired) electrons. The number of nitrogens with zero attached hydrogens (tertiary/aromatic N) is 2. The van der Waals surface area contributed by atoms with Gasteiger partial charge in [0, 0.05) is 0 Å². The van der Waals surface area contributed by atoms with Crippen molar-refractivity contribution in [2.24, 2.45) is 0 Å². The fourth-order valence-electron chi connectivity index (χ4n) is 1.87. The lowest BCUT2D eigenvalue weighted by atomic mass is 10.2. The number of halogens is 1. The van der Waals surface area contributed by atoms with Crippen molar-refractivity contribution >= 4 is 17.4 Å². The maximum absolute atomic E-state index is 14.0. The first-order chi connectivity index (χ1) is 11.5. The third-order valence-electron chi connectivity index (χ3n) is 2.99. The van der Waals surface area contributed by atoms with E-state index in [1.807, 2.05) is 6.07 Å². The van der Waals surface area contributed by atoms with E-state index < -0.39 is 11.7 Å². The van der Waals surface area contributed by atoms with Gasteiger partial charge in [-0.25, -0.2) is 14.9 Å². The van der Waals surface area contributed by atoms with E-state index in [1.165, 1.54) is 24.3 Å². The molecule has 1 amide bonds. The molecule has 0 spiro atoms. The van der Waals surface area contributed by atoms with Gasteiger partial charge in [-0.3, -0.25) is 9.63 Å². The number of nitrogens with one attached hydrogen (secondary N) is 2. The molecule has 0 aliphatic rings. The summed E-state index contributed by atoms with van der Waals surface area (Å²) >= 11 is 0. The van der Waals surface area contributed by atoms with Crippen LogP contribution in [0, 0.1) is 24.1 Å². The summed E-state index contributed by atoms with van der Waals surface area (Å²) in [6.45, 7) is 1.41. The van der Waals surface area contributed by atoms with E-state index in [-0.39, 0.29) is 36.0 Å². The van der Waals surface area contributed by atoms with E-state index in [0.717, 1.165) is 5.56 Å². The van der Waals surface area contributed by atoms with Crippen LogP contribution in [0.2, 0.25) is 0 Å². The van der Waals surface area contributed by atoms with Crippen LogP contribution in [0.3, 0.4) is 0 Å². The molecule has 1 heterocycles. The average molecular weight is 330 g/mol. The molecular formula is C16H15FN4O3. The monoisotopic (exact) mass is 330 g/mol. The smallest absolute Gasteiger partial charge is 0.278 e. The maximum atomic E-state index is 14.0. The number of aliphatic hydroxyl groups is 1. The van der Waals surface area contributed by atoms with Gasteiger partial charge in [0.15, 0.2) is 0 Å². The largest absolute Gasteiger partial charge is 0.394 e. The Kier molecular flexibility index (Phi) is 5.78. The second kappa shape index (κ2) is 8.01. The molecule has 2 aromatic rings. The summed E-state index contributed by atoms with van der Waals surface area (Å²) in [5, 5.41) is 20.3. The summed E-state index contributed by atoms with van der Waals surface area (Å²) in [6, 6.07) is 9.13. The lowest BCUT2D eigenvalue weighted by Gasteiger charge is -2.12. The highest BCUT2D eigenvalue weighted by Crippen LogP contribution is 2.22. The number of hydrogen-bond donors (Lipinski definition) is 3. The third-order valence-corrected chi connectivity index (χ3v) is 2.99. The molecule has 0 aliphatic heterocycles. The zero-order valence-corrected chi connectivity index (χ0v) is 12.8. The first-order valence-corrected chi connectivity index (χ1v) is 7.02. The SMILES string of the molecule is Cc1ccc(Nc2nc(C#N)ccc2C(=O)NOCCO)c(F)c1. The van der Waals surface area contributed by atoms with Crippen molar-refractivity contribution in [3.63, 3.8) is 0 Å². The minimum Gasteiger partial charge on any atom is -0.394 e. The molecule has 8 heteroatoms. The fraction of sp³-hybridized carbons (Fsp3) is 0.188. The predicted octanol–water partition coefficient (Wildman–Crippen LogP) is 1.80. The van der Waals surface area contributed by atoms with Gasteiger partial charge >= 0.3 is 0 Å². The number of hydroxylamine groups is 1. The van der Waals surface area contributed by atoms with Gasteiger partial charge in [-0.1, -0.05) is 6.07 Å². The van der Waals surface area contributed by atoms with E-state index in [4.69, 9.17) is 15.2 Å². The first kappa shape index (κ1) is 17.3. The van der Waals surface area contributed by atoms with E-state index in [1.54, 1.807) is 13.0 Å². The summed E-state index contributed by atoms with van der Waals surface area (Å²) in [5.41, 5.74) is 3.12. The number of aliphatic hydroxyl groups excluding tert-OH is 1. The van der Waals surface area contributed by atoms with Crippen molar-refractivity contribution in [3.05, 3.63) is 53.0 Å². The van der Waals surface area contributed by atoms with Crippen LogP contribution in [0.25, 0.3) is 0 Å². The molecule has 0 aliphatic carbocycles. The molecule has 124 valence electrons. The van der Waals surface area contributed by atoms with Crippen LogP contribution in [0.15, 0.2) is 30.3 Å². The minimum absolute atomic E-state index is 0.0156. The summed E-state index contributed by atoms with van der Waals surface area (Å²) in [4.78, 5) is 20.8. The molecule has 0 atom stereocenters. The Morgan fingerprint density at radius 2 is 2.21 bits per heavy atom. The highest BCUT2D eigenvalue weighted by atomic mass is 19.1. The summed E-state index contributed by atoms with van der Waals surface area (Å²) in [5.74, 6) is -1.14. The summed E-state index contributed by atoms with van der Waals surface area (Å²) in [6.07, 6.45) is 0. The van der Waals surface area contributed by atoms with Crippen LogP contribution >= 0.6 is 0 Å². The molecule has 3 N–H and O–H groups in total. The normalized spacial score (nSPS) is 10.1. The number of amides is 1. The van der Waals surface area contributed by atoms with Crippen molar-refractivity contribution in [1.82, 2.24) is 10.5 Å². The molecule has 24 heavy (non-hydrogen) atoms. The molecule has 2 rings (SSSR count). The van der Waals surface area contributed by atoms with Gasteiger partial charge in [0.1, 0.15) is 23.4 Å². The summed E-state index contributed by atoms with van der Waals surface area (Å²) < 4.78 is 14.0. The van der Waals surface area contributed by atoms with Gasteiger partial charge in [0.2, 0.25) is 0 Å². The molecule has 7 nitrogen and oxygen atoms in total. The van der Waals surface area contributed by atoms with E-state index in [2.05, 4.69) is 15.8 Å². The average Bonchev–Trinajstić information content (AvgIpc) is 2.57. The Bertz CT molecular complexity index is 789. The van der Waals surface area contributed by atoms with E-state index >= 15 is 0 Å². The number of carbonyl (C=O) groups is 1. The zero-order chi connectivity index (χ0) is 17.5. The number of anilines is 2. The Labute approximate surface area is 137 Å². The molecule has 0 saturated heterocycles. The lowest BCUT2D eigenvalue weighted by molar-refractivity contribution is 0.0168. The van der Waals surface area contributed by atoms with E-state index in [0.29, 0.717) is 0 Å². The van der Waals surface area contributed by atoms with Crippen LogP contribution in [0.5, 0.6) is 0 Å². The second-order valence-corrected chi connectivity index (χ2v) is 4.82. The van der Waals surface area contributed by atoms with Gasteiger partial charge in [0.05, 0.1) is 24.5 Å². The molecule has 0 fully saturated rings. The standard InChI is InChI=1S/C16H15FN4O3/c1-10-2-5-14(13(17)8-10)20-15-12(4-3-11(9-18)19-15)16(23)21-24-7-6-22/h2-5,8,22H,6-7H2,1H3,(H,19,20)(H,21,23). The van der Waals surface area contributed by atoms with Crippen LogP contribution in [-0.4, -0.2) is 29.2 Å². The van der Waals surface area contributed by atoms with Gasteiger partial charge in [-0.2, -0.15) is 5.26 Å². The number of pyridine rings is 1. The predicted molar refractivity (Wildman–Crippen MR) is 83.9 cm³/mol. The number of hydrogen-bond acceptors (Lipinski definition) is 6. The van der Waals surface area contributed by atoms with Crippen LogP contribution in [0.4, 0.5) is 15.9 Å². The highest BCUT2D eigenvalue weighted by molar-refractivity contribution is 5.98. The molecular weight excluding hydrogens is 315 g/mol. The van der Waals surface area contributed by atoms with Gasteiger partial charge in [-0.05, 0) is 36.8 Å². The van der Waals surface area contributed by atoms with Gasteiger partial charge in [-0.15, -0.1) is 0 Å². The number of benzene rings is 1. The molecule has 0 unspecified atom stereocenters. The molecule has 0 bridgehead atoms. The summed E-state index contributed by atoms with van der Waals surface area (Å²) in [7, 11) is 0. The van der Waals surface area contributed by atoms with Crippen LogP contribution < -0.4 is 10.8 Å². The molecule has 1 aromatic carbocycles. The van der Waals surface area contributed by atoms with Crippen molar-refractivity contribution in [3.8, 4) is 6.07 Å². The minimum atomic E-state index is -0.643. The zero-order valence-electron chi connectivity index (χ0n) is 12.8. The van der Waals surface area contributed by atoms with Crippen molar-refractivity contribution in [1.29, 1.82) is 5.26 Å². The molecule has 0 saturated carbocycles. The van der Waals surface area contributed by atoms with Crippen molar-refractivity contribution in [2.75, 3.05) is 18.5 Å². The highest BCUT2D eigenvalue weighted by Gasteiger charge is 2.15. The second-order valence-electron chi connectivity index (χ2n) is 4.82. The number of rotatable bonds is 6. The Morgan fingerprint density at radius 1 is 1.42 bits per heavy atom. The van der Waals surface area contributed by atoms with Crippen molar-refractivity contribution in [2.45, 2.75) is 6.92 Å². The fourth-order valence-corrected chi connectivity index (χ4v) is 1.87. The van der Waals surface area contributed by atoms with Gasteiger partial charge < -0.3 is 10.4 Å². The van der Waals surface area contributed by atoms with Gasteiger partial charge in [0.25, 0.3) is 5.91 Å². The lowest BCUT2D eigenvalue weighted by Crippen LogP contribution is -2.26. The van der Waals surface area contributed by atoms with Crippen LogP contribution in [-0.2, 0) is 4.84 Å². The third kappa shape index (κ3) is 4.25. The quantitative estimate of drug-likeness (QED) is 0.551. The Hall–Kier alpha value is -3.02. The topological polar surface area (TPSA) is 107 Å². The Balaban J connectivity index is 2.32. The number of nitriles is 1. The maximum Gasteiger partial charge on any atom is 0.278 e. The van der Waals surface area contributed by atoms with Crippen molar-refractivity contribution < 1.29 is 19.1 Å². The Morgan fingerprint density at radius 3 is 2.88 bits per heavy atom. The number of aryl methyl sites for hydroxylation is 1. The van der Waals surface area contributed by atoms with E-state index in [9.17, 15) is 9.18 Å².